The Labute approximate surface area is 313 Å². The minimum Gasteiger partial charge on any atom is -0.444 e. The third-order valence-electron chi connectivity index (χ3n) is 6.27. The van der Waals surface area contributed by atoms with Crippen LogP contribution >= 0.6 is 0 Å². The van der Waals surface area contributed by atoms with Crippen molar-refractivity contribution in [1.82, 2.24) is 5.32 Å². The number of carbonyl (C=O) groups is 1. The molecule has 0 aliphatic carbocycles. The Bertz CT molecular complexity index is 703. The zero-order valence-corrected chi connectivity index (χ0v) is 32.8. The molecule has 0 aliphatic heterocycles. The molecule has 0 aromatic carbocycles. The normalized spacial score (nSPS) is 11.8. The summed E-state index contributed by atoms with van der Waals surface area (Å²) in [7, 11) is 0. The van der Waals surface area contributed by atoms with Crippen molar-refractivity contribution < 1.29 is 71.1 Å². The first kappa shape index (κ1) is 50.8. The van der Waals surface area contributed by atoms with Gasteiger partial charge in [0.25, 0.3) is 0 Å². The lowest BCUT2D eigenvalue weighted by Crippen LogP contribution is -2.34. The number of hydrogen-bond acceptors (Lipinski definition) is 15. The third kappa shape index (κ3) is 46.8. The summed E-state index contributed by atoms with van der Waals surface area (Å²) in [5.74, 6) is 0. The van der Waals surface area contributed by atoms with E-state index in [4.69, 9.17) is 66.3 Å². The van der Waals surface area contributed by atoms with Crippen LogP contribution in [0.1, 0.15) is 47.0 Å². The van der Waals surface area contributed by atoms with Crippen LogP contribution in [0.15, 0.2) is 0 Å². The number of amides is 1. The van der Waals surface area contributed by atoms with E-state index in [2.05, 4.69) is 12.2 Å². The molecule has 0 saturated carbocycles. The van der Waals surface area contributed by atoms with E-state index in [1.54, 1.807) is 0 Å². The molecular weight excluding hydrogens is 686 g/mol. The Kier molecular flexibility index (Phi) is 41.5. The Balaban J connectivity index is 3.09. The molecule has 0 aliphatic rings. The van der Waals surface area contributed by atoms with Crippen molar-refractivity contribution in [2.45, 2.75) is 52.6 Å². The van der Waals surface area contributed by atoms with E-state index >= 15 is 0 Å². The van der Waals surface area contributed by atoms with Crippen LogP contribution in [-0.2, 0) is 66.3 Å². The van der Waals surface area contributed by atoms with E-state index in [1.807, 2.05) is 20.8 Å². The second kappa shape index (κ2) is 42.5. The minimum absolute atomic E-state index is 0.382. The van der Waals surface area contributed by atoms with Crippen molar-refractivity contribution >= 4 is 6.09 Å². The van der Waals surface area contributed by atoms with Crippen molar-refractivity contribution in [3.8, 4) is 0 Å². The number of nitrogens with one attached hydrogen (secondary N) is 1. The minimum atomic E-state index is -0.513. The molecule has 0 spiro atoms. The number of unbranched alkanes of at least 4 members (excludes halogenated alkanes) is 2. The smallest absolute Gasteiger partial charge is 0.407 e. The van der Waals surface area contributed by atoms with Crippen LogP contribution in [0.2, 0.25) is 0 Å². The van der Waals surface area contributed by atoms with Gasteiger partial charge in [0.2, 0.25) is 0 Å². The molecule has 0 rings (SSSR count). The largest absolute Gasteiger partial charge is 0.444 e. The highest BCUT2D eigenvalue weighted by atomic mass is 16.6. The quantitative estimate of drug-likeness (QED) is 0.0905. The third-order valence-corrected chi connectivity index (χ3v) is 6.27. The monoisotopic (exact) mass is 759 g/mol. The van der Waals surface area contributed by atoms with Crippen molar-refractivity contribution in [3.63, 3.8) is 0 Å². The van der Waals surface area contributed by atoms with Crippen LogP contribution in [0.5, 0.6) is 0 Å². The maximum atomic E-state index is 11.5. The fraction of sp³-hybridized carbons (Fsp3) is 0.972. The number of alkyl carbamates (subject to hydrolysis) is 1. The summed E-state index contributed by atoms with van der Waals surface area (Å²) in [6.07, 6.45) is 3.08. The SMILES string of the molecule is CCCCCOCCOCCOCCOCCOCCOCCOCCOCCOCCOCCOCCOCCOCCNC(=O)OC(C)(C)C. The standard InChI is InChI=1S/C36H73NO15/c1-5-6-7-9-39-11-13-41-15-17-43-19-21-45-23-25-47-27-29-49-31-33-51-34-32-50-30-28-48-26-24-46-22-20-44-18-16-42-14-12-40-10-8-37-35(38)52-36(2,3)4/h5-34H2,1-4H3,(H,37,38). The molecule has 0 radical (unpaired) electrons. The van der Waals surface area contributed by atoms with Crippen LogP contribution in [-0.4, -0.2) is 190 Å². The van der Waals surface area contributed by atoms with Gasteiger partial charge in [-0.1, -0.05) is 19.8 Å². The molecule has 0 unspecified atom stereocenters. The molecule has 0 fully saturated rings. The van der Waals surface area contributed by atoms with Crippen molar-refractivity contribution in [3.05, 3.63) is 0 Å². The van der Waals surface area contributed by atoms with Gasteiger partial charge in [0.1, 0.15) is 5.60 Å². The molecule has 1 N–H and O–H groups in total. The number of hydrogen-bond donors (Lipinski definition) is 1. The van der Waals surface area contributed by atoms with E-state index in [9.17, 15) is 4.79 Å². The van der Waals surface area contributed by atoms with Gasteiger partial charge >= 0.3 is 6.09 Å². The molecule has 0 atom stereocenters. The molecule has 16 heteroatoms. The molecule has 0 aromatic rings. The summed E-state index contributed by atoms with van der Waals surface area (Å²) in [5, 5.41) is 2.63. The van der Waals surface area contributed by atoms with E-state index in [0.29, 0.717) is 172 Å². The summed E-state index contributed by atoms with van der Waals surface area (Å²) in [6, 6.07) is 0. The molecular formula is C36H73NO15. The first-order valence-corrected chi connectivity index (χ1v) is 18.9. The first-order valence-electron chi connectivity index (χ1n) is 18.9. The average Bonchev–Trinajstić information content (AvgIpc) is 3.11. The van der Waals surface area contributed by atoms with Gasteiger partial charge in [0, 0.05) is 13.2 Å². The van der Waals surface area contributed by atoms with Crippen LogP contribution in [0.4, 0.5) is 4.79 Å². The average molecular weight is 760 g/mol. The summed E-state index contributed by atoms with van der Waals surface area (Å²) >= 11 is 0. The molecule has 0 heterocycles. The van der Waals surface area contributed by atoms with Gasteiger partial charge in [-0.2, -0.15) is 0 Å². The van der Waals surface area contributed by atoms with Gasteiger partial charge in [-0.15, -0.1) is 0 Å². The summed E-state index contributed by atoms with van der Waals surface area (Å²) < 4.78 is 76.3. The lowest BCUT2D eigenvalue weighted by atomic mass is 10.2. The zero-order chi connectivity index (χ0) is 37.9. The molecule has 52 heavy (non-hydrogen) atoms. The lowest BCUT2D eigenvalue weighted by Gasteiger charge is -2.19. The van der Waals surface area contributed by atoms with Gasteiger partial charge in [0.15, 0.2) is 0 Å². The van der Waals surface area contributed by atoms with Gasteiger partial charge in [0.05, 0.1) is 165 Å². The molecule has 0 bridgehead atoms. The van der Waals surface area contributed by atoms with E-state index in [1.165, 1.54) is 12.8 Å². The van der Waals surface area contributed by atoms with Crippen molar-refractivity contribution in [1.29, 1.82) is 0 Å². The zero-order valence-electron chi connectivity index (χ0n) is 32.8. The number of ether oxygens (including phenoxy) is 14. The summed E-state index contributed by atoms with van der Waals surface area (Å²) in [4.78, 5) is 11.5. The predicted molar refractivity (Wildman–Crippen MR) is 194 cm³/mol. The molecule has 1 amide bonds. The molecule has 0 saturated heterocycles. The van der Waals surface area contributed by atoms with Crippen LogP contribution in [0.3, 0.4) is 0 Å². The second-order valence-corrected chi connectivity index (χ2v) is 12.1. The highest BCUT2D eigenvalue weighted by Crippen LogP contribution is 2.06. The highest BCUT2D eigenvalue weighted by Gasteiger charge is 2.15. The maximum Gasteiger partial charge on any atom is 0.407 e. The Hall–Kier alpha value is -1.25. The van der Waals surface area contributed by atoms with Gasteiger partial charge in [-0.25, -0.2) is 4.79 Å². The van der Waals surface area contributed by atoms with Crippen molar-refractivity contribution in [2.75, 3.05) is 178 Å². The first-order chi connectivity index (χ1) is 25.5. The Morgan fingerprint density at radius 1 is 0.365 bits per heavy atom. The summed E-state index contributed by atoms with van der Waals surface area (Å²) in [5.41, 5.74) is -0.513. The molecule has 16 nitrogen and oxygen atoms in total. The molecule has 312 valence electrons. The Morgan fingerprint density at radius 3 is 0.827 bits per heavy atom. The van der Waals surface area contributed by atoms with Gasteiger partial charge in [-0.05, 0) is 27.2 Å². The topological polar surface area (TPSA) is 158 Å². The number of carbonyl (C=O) groups excluding carboxylic acids is 1. The Morgan fingerprint density at radius 2 is 0.596 bits per heavy atom. The van der Waals surface area contributed by atoms with Crippen LogP contribution in [0, 0.1) is 0 Å². The van der Waals surface area contributed by atoms with Crippen molar-refractivity contribution in [2.24, 2.45) is 0 Å². The van der Waals surface area contributed by atoms with Gasteiger partial charge in [-0.3, -0.25) is 0 Å². The predicted octanol–water partition coefficient (Wildman–Crippen LogP) is 2.92. The second-order valence-electron chi connectivity index (χ2n) is 12.1. The lowest BCUT2D eigenvalue weighted by molar-refractivity contribution is -0.0290. The fourth-order valence-corrected chi connectivity index (χ4v) is 3.73. The van der Waals surface area contributed by atoms with E-state index in [0.717, 1.165) is 13.0 Å². The highest BCUT2D eigenvalue weighted by molar-refractivity contribution is 5.67. The fourth-order valence-electron chi connectivity index (χ4n) is 3.73. The summed E-state index contributed by atoms with van der Waals surface area (Å²) in [6.45, 7) is 21.5. The van der Waals surface area contributed by atoms with E-state index < -0.39 is 11.7 Å². The van der Waals surface area contributed by atoms with E-state index in [-0.39, 0.29) is 0 Å². The molecule has 0 aromatic heterocycles. The van der Waals surface area contributed by atoms with Gasteiger partial charge < -0.3 is 71.6 Å². The maximum absolute atomic E-state index is 11.5. The van der Waals surface area contributed by atoms with Crippen LogP contribution < -0.4 is 5.32 Å². The number of rotatable bonds is 43. The van der Waals surface area contributed by atoms with Crippen LogP contribution in [0.25, 0.3) is 0 Å².